The highest BCUT2D eigenvalue weighted by Gasteiger charge is 2.17. The summed E-state index contributed by atoms with van der Waals surface area (Å²) in [5.41, 5.74) is 7.71. The Morgan fingerprint density at radius 2 is 2.03 bits per heavy atom. The van der Waals surface area contributed by atoms with Gasteiger partial charge in [-0.15, -0.1) is 0 Å². The molecule has 10 nitrogen and oxygen atoms in total. The molecule has 0 unspecified atom stereocenters. The molecule has 1 aromatic carbocycles. The van der Waals surface area contributed by atoms with E-state index in [1.54, 1.807) is 42.8 Å². The number of benzene rings is 1. The van der Waals surface area contributed by atoms with Gasteiger partial charge >= 0.3 is 0 Å². The second kappa shape index (κ2) is 13.3. The van der Waals surface area contributed by atoms with Crippen LogP contribution >= 0.6 is 23.5 Å². The van der Waals surface area contributed by atoms with Crippen LogP contribution in [0.15, 0.2) is 55.1 Å². The van der Waals surface area contributed by atoms with E-state index in [9.17, 15) is 4.79 Å². The maximum absolute atomic E-state index is 11.9. The van der Waals surface area contributed by atoms with Crippen LogP contribution in [0.3, 0.4) is 0 Å². The number of H-pyrrole nitrogens is 1. The molecule has 0 amide bonds. The number of nitrogens with one attached hydrogen (secondary N) is 3. The molecule has 12 heteroatoms. The number of anilines is 3. The van der Waals surface area contributed by atoms with Crippen molar-refractivity contribution in [1.82, 2.24) is 25.1 Å². The largest absolute Gasteiger partial charge is 0.485 e. The Bertz CT molecular complexity index is 1220. The third-order valence-electron chi connectivity index (χ3n) is 4.49. The molecule has 0 aliphatic rings. The third kappa shape index (κ3) is 6.92. The van der Waals surface area contributed by atoms with Crippen LogP contribution in [0.4, 0.5) is 17.3 Å². The summed E-state index contributed by atoms with van der Waals surface area (Å²) in [7, 11) is 1.50. The number of carbonyl (C=O) groups excluding carboxylic acids is 1. The standard InChI is InChI=1S/C22H20ClN7O2S.CH5N/c1-2-33-30-18-6-3-14(9-19(18)32-13-16-5-4-15(23)10-26-16)21-17(12-31)22(29-28-21)27-20-11-24-7-8-25-20;1-2/h3-12,30H,2,13H2,1H3,(H2,25,27,28,29);2H2,1H3. The fraction of sp³-hybridized carbons (Fsp3) is 0.174. The normalized spacial score (nSPS) is 10.2. The summed E-state index contributed by atoms with van der Waals surface area (Å²) in [4.78, 5) is 24.3. The van der Waals surface area contributed by atoms with Crippen LogP contribution in [-0.2, 0) is 6.61 Å². The monoisotopic (exact) mass is 512 g/mol. The molecule has 0 saturated heterocycles. The third-order valence-corrected chi connectivity index (χ3v) is 5.37. The highest BCUT2D eigenvalue weighted by molar-refractivity contribution is 8.00. The van der Waals surface area contributed by atoms with Gasteiger partial charge in [0.05, 0.1) is 33.9 Å². The molecule has 3 heterocycles. The molecular weight excluding hydrogens is 488 g/mol. The van der Waals surface area contributed by atoms with E-state index in [1.807, 2.05) is 24.3 Å². The quantitative estimate of drug-likeness (QED) is 0.174. The van der Waals surface area contributed by atoms with Crippen LogP contribution in [0, 0.1) is 0 Å². The molecule has 0 fully saturated rings. The van der Waals surface area contributed by atoms with Gasteiger partial charge in [-0.1, -0.05) is 36.5 Å². The number of hydrogen-bond acceptors (Lipinski definition) is 10. The van der Waals surface area contributed by atoms with Crippen LogP contribution in [0.25, 0.3) is 11.3 Å². The fourth-order valence-electron chi connectivity index (χ4n) is 2.94. The van der Waals surface area contributed by atoms with Gasteiger partial charge in [-0.05, 0) is 31.3 Å². The second-order valence-electron chi connectivity index (χ2n) is 6.70. The van der Waals surface area contributed by atoms with Crippen molar-refractivity contribution < 1.29 is 9.53 Å². The summed E-state index contributed by atoms with van der Waals surface area (Å²) in [6.45, 7) is 2.31. The molecule has 35 heavy (non-hydrogen) atoms. The van der Waals surface area contributed by atoms with E-state index in [1.165, 1.54) is 7.05 Å². The first kappa shape index (κ1) is 25.9. The first-order chi connectivity index (χ1) is 17.2. The minimum atomic E-state index is 0.259. The molecule has 0 bridgehead atoms. The van der Waals surface area contributed by atoms with E-state index < -0.39 is 0 Å². The van der Waals surface area contributed by atoms with Gasteiger partial charge in [-0.3, -0.25) is 19.9 Å². The number of aromatic nitrogens is 5. The number of pyridine rings is 1. The Kier molecular flexibility index (Phi) is 9.84. The number of rotatable bonds is 10. The van der Waals surface area contributed by atoms with Crippen molar-refractivity contribution in [1.29, 1.82) is 0 Å². The van der Waals surface area contributed by atoms with Gasteiger partial charge in [0.2, 0.25) is 0 Å². The number of hydrogen-bond donors (Lipinski definition) is 4. The maximum atomic E-state index is 11.9. The second-order valence-corrected chi connectivity index (χ2v) is 8.20. The first-order valence-corrected chi connectivity index (χ1v) is 11.9. The highest BCUT2D eigenvalue weighted by atomic mass is 35.5. The molecule has 0 aliphatic carbocycles. The van der Waals surface area contributed by atoms with Crippen LogP contribution in [-0.4, -0.2) is 44.2 Å². The van der Waals surface area contributed by atoms with Gasteiger partial charge in [0.25, 0.3) is 0 Å². The van der Waals surface area contributed by atoms with Crippen molar-refractivity contribution in [2.24, 2.45) is 5.73 Å². The molecule has 0 atom stereocenters. The zero-order valence-corrected chi connectivity index (χ0v) is 20.7. The van der Waals surface area contributed by atoms with Gasteiger partial charge in [0.15, 0.2) is 12.1 Å². The van der Waals surface area contributed by atoms with Crippen LogP contribution < -0.4 is 20.5 Å². The summed E-state index contributed by atoms with van der Waals surface area (Å²) in [6, 6.07) is 9.21. The maximum Gasteiger partial charge on any atom is 0.164 e. The minimum Gasteiger partial charge on any atom is -0.485 e. The zero-order chi connectivity index (χ0) is 25.0. The Morgan fingerprint density at radius 3 is 2.71 bits per heavy atom. The number of nitrogens with two attached hydrogens (primary N) is 1. The lowest BCUT2D eigenvalue weighted by molar-refractivity contribution is 0.112. The average Bonchev–Trinajstić information content (AvgIpc) is 3.31. The van der Waals surface area contributed by atoms with Gasteiger partial charge in [0.1, 0.15) is 18.2 Å². The Hall–Kier alpha value is -3.67. The topological polar surface area (TPSA) is 144 Å². The van der Waals surface area contributed by atoms with E-state index in [0.717, 1.165) is 29.0 Å². The molecule has 4 aromatic rings. The Balaban J connectivity index is 0.00000167. The summed E-state index contributed by atoms with van der Waals surface area (Å²) in [6.07, 6.45) is 6.99. The molecular formula is C23H25ClN8O2S. The molecule has 0 saturated carbocycles. The molecule has 0 spiro atoms. The minimum absolute atomic E-state index is 0.259. The number of ether oxygens (including phenoxy) is 1. The number of aromatic amines is 1. The zero-order valence-electron chi connectivity index (χ0n) is 19.2. The molecule has 0 radical (unpaired) electrons. The average molecular weight is 513 g/mol. The summed E-state index contributed by atoms with van der Waals surface area (Å²) in [5.74, 6) is 2.33. The van der Waals surface area contributed by atoms with Crippen molar-refractivity contribution in [3.05, 3.63) is 71.4 Å². The van der Waals surface area contributed by atoms with Crippen molar-refractivity contribution >= 4 is 47.2 Å². The van der Waals surface area contributed by atoms with E-state index in [0.29, 0.717) is 33.7 Å². The Labute approximate surface area is 212 Å². The van der Waals surface area contributed by atoms with Crippen molar-refractivity contribution in [2.45, 2.75) is 13.5 Å². The summed E-state index contributed by atoms with van der Waals surface area (Å²) < 4.78 is 9.34. The lowest BCUT2D eigenvalue weighted by Gasteiger charge is -2.14. The number of halogens is 1. The smallest absolute Gasteiger partial charge is 0.164 e. The lowest BCUT2D eigenvalue weighted by atomic mass is 10.1. The number of aldehydes is 1. The van der Waals surface area contributed by atoms with Gasteiger partial charge in [0, 0.05) is 29.9 Å². The van der Waals surface area contributed by atoms with Gasteiger partial charge in [-0.2, -0.15) is 5.10 Å². The van der Waals surface area contributed by atoms with Crippen molar-refractivity contribution in [3.8, 4) is 17.0 Å². The van der Waals surface area contributed by atoms with Gasteiger partial charge in [-0.25, -0.2) is 4.98 Å². The summed E-state index contributed by atoms with van der Waals surface area (Å²) in [5, 5.41) is 10.7. The molecule has 5 N–H and O–H groups in total. The molecule has 0 aliphatic heterocycles. The molecule has 3 aromatic heterocycles. The van der Waals surface area contributed by atoms with Crippen molar-refractivity contribution in [3.63, 3.8) is 0 Å². The lowest BCUT2D eigenvalue weighted by Crippen LogP contribution is -2.01. The SMILES string of the molecule is CCSNc1ccc(-c2[nH]nc(Nc3cnccn3)c2C=O)cc1OCc1ccc(Cl)cn1.CN. The van der Waals surface area contributed by atoms with E-state index in [2.05, 4.69) is 47.8 Å². The molecule has 182 valence electrons. The predicted molar refractivity (Wildman–Crippen MR) is 140 cm³/mol. The van der Waals surface area contributed by atoms with Crippen LogP contribution in [0.2, 0.25) is 5.02 Å². The van der Waals surface area contributed by atoms with Crippen molar-refractivity contribution in [2.75, 3.05) is 22.8 Å². The number of carbonyl (C=O) groups is 1. The Morgan fingerprint density at radius 1 is 1.17 bits per heavy atom. The highest BCUT2D eigenvalue weighted by Crippen LogP contribution is 2.35. The predicted octanol–water partition coefficient (Wildman–Crippen LogP) is 4.71. The van der Waals surface area contributed by atoms with E-state index >= 15 is 0 Å². The molecule has 4 rings (SSSR count). The van der Waals surface area contributed by atoms with Crippen LogP contribution in [0.1, 0.15) is 23.0 Å². The van der Waals surface area contributed by atoms with Gasteiger partial charge < -0.3 is 20.5 Å². The summed E-state index contributed by atoms with van der Waals surface area (Å²) >= 11 is 7.47. The fourth-order valence-corrected chi connectivity index (χ4v) is 3.52. The van der Waals surface area contributed by atoms with E-state index in [-0.39, 0.29) is 6.61 Å². The first-order valence-electron chi connectivity index (χ1n) is 10.6. The van der Waals surface area contributed by atoms with E-state index in [4.69, 9.17) is 16.3 Å². The number of nitrogens with zero attached hydrogens (tertiary/aromatic N) is 4. The van der Waals surface area contributed by atoms with Crippen LogP contribution in [0.5, 0.6) is 5.75 Å².